The third-order valence-electron chi connectivity index (χ3n) is 11.5. The highest BCUT2D eigenvalue weighted by molar-refractivity contribution is 7.19. The topological polar surface area (TPSA) is 14.2 Å². The summed E-state index contributed by atoms with van der Waals surface area (Å²) in [5, 5.41) is 2.64. The minimum atomic E-state index is 1.04. The average Bonchev–Trinajstić information content (AvgIpc) is 3.75. The molecule has 6 nitrogen and oxygen atoms in total. The summed E-state index contributed by atoms with van der Waals surface area (Å²) < 4.78 is 9.96. The molecule has 4 aromatic carbocycles. The van der Waals surface area contributed by atoms with E-state index in [2.05, 4.69) is 197 Å². The molecule has 2 aromatic heterocycles. The predicted octanol–water partition coefficient (Wildman–Crippen LogP) is 10.4. The number of nitrogens with zero attached hydrogens (tertiary/aromatic N) is 6. The second kappa shape index (κ2) is 20.1. The summed E-state index contributed by atoms with van der Waals surface area (Å²) in [6, 6.07) is 35.3. The van der Waals surface area contributed by atoms with Crippen LogP contribution < -0.4 is 18.9 Å². The number of thiazole rings is 2. The zero-order valence-electron chi connectivity index (χ0n) is 36.5. The van der Waals surface area contributed by atoms with Crippen molar-refractivity contribution in [3.63, 3.8) is 0 Å². The molecule has 0 fully saturated rings. The number of quaternary nitrogens is 2. The maximum atomic E-state index is 2.54. The summed E-state index contributed by atoms with van der Waals surface area (Å²) >= 11 is 3.79. The van der Waals surface area contributed by atoms with Gasteiger partial charge < -0.3 is 18.8 Å². The number of benzene rings is 4. The molecule has 306 valence electrons. The van der Waals surface area contributed by atoms with Gasteiger partial charge >= 0.3 is 0 Å². The lowest BCUT2D eigenvalue weighted by molar-refractivity contribution is -0.893. The van der Waals surface area contributed by atoms with Gasteiger partial charge in [0.1, 0.15) is 9.40 Å². The first kappa shape index (κ1) is 43.2. The average molecular weight is 817 g/mol. The summed E-state index contributed by atoms with van der Waals surface area (Å²) in [7, 11) is 18.0. The van der Waals surface area contributed by atoms with Crippen molar-refractivity contribution in [3.05, 3.63) is 118 Å². The predicted molar refractivity (Wildman–Crippen MR) is 255 cm³/mol. The highest BCUT2D eigenvalue weighted by Gasteiger charge is 2.23. The van der Waals surface area contributed by atoms with Crippen LogP contribution >= 0.6 is 22.7 Å². The van der Waals surface area contributed by atoms with E-state index in [1.54, 1.807) is 0 Å². The lowest BCUT2D eigenvalue weighted by Crippen LogP contribution is -2.44. The SMILES string of the molecule is CN(C)c1ccc(/C=C/c2sc3ccccc3[n+]2CCC[N+](C)(C)CCCCCC[N+](C)(C)CCC[n+]2c(/C=C/c3ccc(N(C)C)cc3)sc3ccccc32)cc1. The van der Waals surface area contributed by atoms with E-state index in [4.69, 9.17) is 0 Å². The molecule has 0 saturated carbocycles. The van der Waals surface area contributed by atoms with Crippen LogP contribution in [0.2, 0.25) is 0 Å². The van der Waals surface area contributed by atoms with Crippen molar-refractivity contribution in [3.8, 4) is 0 Å². The zero-order valence-corrected chi connectivity index (χ0v) is 38.2. The van der Waals surface area contributed by atoms with Gasteiger partial charge in [-0.1, -0.05) is 71.2 Å². The van der Waals surface area contributed by atoms with E-state index in [-0.39, 0.29) is 0 Å². The van der Waals surface area contributed by atoms with Crippen LogP contribution in [0.25, 0.3) is 44.7 Å². The van der Waals surface area contributed by atoms with E-state index in [1.165, 1.54) is 118 Å². The molecule has 0 aliphatic rings. The largest absolute Gasteiger partial charge is 0.378 e. The molecule has 6 rings (SSSR count). The number of hydrogen-bond acceptors (Lipinski definition) is 4. The van der Waals surface area contributed by atoms with Crippen molar-refractivity contribution in [2.75, 3.05) is 92.4 Å². The second-order valence-corrected chi connectivity index (χ2v) is 19.8. The van der Waals surface area contributed by atoms with Gasteiger partial charge in [0, 0.05) is 63.9 Å². The highest BCUT2D eigenvalue weighted by atomic mass is 32.1. The molecule has 58 heavy (non-hydrogen) atoms. The van der Waals surface area contributed by atoms with Crippen LogP contribution in [-0.2, 0) is 13.1 Å². The quantitative estimate of drug-likeness (QED) is 0.0408. The summed E-state index contributed by atoms with van der Waals surface area (Å²) in [6.07, 6.45) is 16.7. The monoisotopic (exact) mass is 816 g/mol. The molecule has 0 unspecified atom stereocenters. The fourth-order valence-electron chi connectivity index (χ4n) is 7.89. The van der Waals surface area contributed by atoms with E-state index in [1.807, 2.05) is 22.7 Å². The number of aromatic nitrogens is 2. The number of rotatable bonds is 21. The van der Waals surface area contributed by atoms with Gasteiger partial charge in [0.25, 0.3) is 10.0 Å². The smallest absolute Gasteiger partial charge is 0.262 e. The van der Waals surface area contributed by atoms with Crippen molar-refractivity contribution < 1.29 is 18.1 Å². The molecule has 8 heteroatoms. The van der Waals surface area contributed by atoms with Gasteiger partial charge in [-0.05, 0) is 85.4 Å². The van der Waals surface area contributed by atoms with Gasteiger partial charge in [0.15, 0.2) is 13.1 Å². The Balaban J connectivity index is 0.925. The molecule has 0 N–H and O–H groups in total. The number of aryl methyl sites for hydroxylation is 2. The summed E-state index contributed by atoms with van der Waals surface area (Å²) in [4.78, 5) is 4.29. The summed E-state index contributed by atoms with van der Waals surface area (Å²) in [6.45, 7) is 6.95. The molecular weight excluding hydrogens is 749 g/mol. The fraction of sp³-hybridized carbons (Fsp3) is 0.400. The van der Waals surface area contributed by atoms with Crippen LogP contribution in [0.3, 0.4) is 0 Å². The lowest BCUT2D eigenvalue weighted by Gasteiger charge is -2.30. The van der Waals surface area contributed by atoms with Crippen LogP contribution in [0.1, 0.15) is 59.7 Å². The summed E-state index contributed by atoms with van der Waals surface area (Å²) in [5.41, 5.74) is 7.61. The molecule has 0 saturated heterocycles. The van der Waals surface area contributed by atoms with Crippen molar-refractivity contribution in [1.82, 2.24) is 0 Å². The molecule has 0 atom stereocenters. The van der Waals surface area contributed by atoms with E-state index < -0.39 is 0 Å². The molecule has 0 aliphatic heterocycles. The van der Waals surface area contributed by atoms with Gasteiger partial charge in [-0.2, -0.15) is 9.13 Å². The molecular formula is C50H68N6S2+4. The highest BCUT2D eigenvalue weighted by Crippen LogP contribution is 2.25. The number of anilines is 2. The van der Waals surface area contributed by atoms with Gasteiger partial charge in [-0.15, -0.1) is 0 Å². The first-order chi connectivity index (χ1) is 27.9. The van der Waals surface area contributed by atoms with E-state index in [9.17, 15) is 0 Å². The zero-order chi connectivity index (χ0) is 41.1. The summed E-state index contributed by atoms with van der Waals surface area (Å²) in [5.74, 6) is 0. The third-order valence-corrected chi connectivity index (χ3v) is 13.8. The standard InChI is InChI=1S/C50H68N6S2/c1-51(2)43-29-23-41(24-30-43)27-33-49-53(45-19-11-13-21-47(45)57-49)35-17-39-55(5,6)37-15-9-10-16-38-56(7,8)40-18-36-54-46-20-12-14-22-48(46)58-50(54)34-28-42-25-31-44(32-26-42)52(3)4/h11-14,19-34H,9-10,15-18,35-40H2,1-8H3/q+4. The van der Waals surface area contributed by atoms with Crippen LogP contribution in [0.4, 0.5) is 11.4 Å². The molecule has 0 radical (unpaired) electrons. The van der Waals surface area contributed by atoms with E-state index in [0.29, 0.717) is 0 Å². The molecule has 0 aliphatic carbocycles. The second-order valence-electron chi connectivity index (χ2n) is 17.6. The Morgan fingerprint density at radius 3 is 1.19 bits per heavy atom. The Morgan fingerprint density at radius 2 is 0.810 bits per heavy atom. The maximum Gasteiger partial charge on any atom is 0.262 e. The Bertz CT molecular complexity index is 2100. The minimum absolute atomic E-state index is 1.04. The third kappa shape index (κ3) is 12.1. The molecule has 0 amide bonds. The van der Waals surface area contributed by atoms with Gasteiger partial charge in [0.2, 0.25) is 11.0 Å². The first-order valence-corrected chi connectivity index (χ1v) is 22.9. The molecule has 0 bridgehead atoms. The molecule has 6 aromatic rings. The van der Waals surface area contributed by atoms with Crippen LogP contribution in [0.15, 0.2) is 97.1 Å². The normalized spacial score (nSPS) is 12.5. The maximum absolute atomic E-state index is 2.54. The van der Waals surface area contributed by atoms with Crippen LogP contribution in [0, 0.1) is 0 Å². The van der Waals surface area contributed by atoms with Crippen molar-refractivity contribution in [2.45, 2.75) is 51.6 Å². The first-order valence-electron chi connectivity index (χ1n) is 21.3. The van der Waals surface area contributed by atoms with Crippen LogP contribution in [-0.4, -0.2) is 91.5 Å². The minimum Gasteiger partial charge on any atom is -0.378 e. The van der Waals surface area contributed by atoms with Crippen molar-refractivity contribution in [2.24, 2.45) is 0 Å². The Hall–Kier alpha value is -4.34. The Kier molecular flexibility index (Phi) is 15.0. The fourth-order valence-corrected chi connectivity index (χ4v) is 10.1. The number of para-hydroxylation sites is 2. The molecule has 0 spiro atoms. The van der Waals surface area contributed by atoms with Gasteiger partial charge in [0.05, 0.1) is 67.2 Å². The molecule has 2 heterocycles. The number of hydrogen-bond donors (Lipinski definition) is 0. The Labute approximate surface area is 357 Å². The van der Waals surface area contributed by atoms with Crippen LogP contribution in [0.5, 0.6) is 0 Å². The van der Waals surface area contributed by atoms with Crippen molar-refractivity contribution in [1.29, 1.82) is 0 Å². The van der Waals surface area contributed by atoms with Crippen molar-refractivity contribution >= 4 is 78.8 Å². The van der Waals surface area contributed by atoms with Gasteiger partial charge in [-0.25, -0.2) is 0 Å². The van der Waals surface area contributed by atoms with Gasteiger partial charge in [-0.3, -0.25) is 0 Å². The van der Waals surface area contributed by atoms with E-state index >= 15 is 0 Å². The Morgan fingerprint density at radius 1 is 0.448 bits per heavy atom. The van der Waals surface area contributed by atoms with E-state index in [0.717, 1.165) is 22.1 Å². The number of fused-ring (bicyclic) bond motifs is 2. The lowest BCUT2D eigenvalue weighted by atomic mass is 10.1. The number of unbranched alkanes of at least 4 members (excludes halogenated alkanes) is 3.